The van der Waals surface area contributed by atoms with Crippen LogP contribution in [0.1, 0.15) is 6.92 Å². The molecule has 0 aliphatic rings. The molecule has 1 rings (SSSR count). The summed E-state index contributed by atoms with van der Waals surface area (Å²) in [5.41, 5.74) is 2.66. The fourth-order valence-electron chi connectivity index (χ4n) is 0.879. The Morgan fingerprint density at radius 1 is 1.42 bits per heavy atom. The molecule has 62 valence electrons. The first-order valence-electron chi connectivity index (χ1n) is 3.82. The highest BCUT2D eigenvalue weighted by Gasteiger charge is 2.05. The third-order valence-corrected chi connectivity index (χ3v) is 2.88. The van der Waals surface area contributed by atoms with Crippen molar-refractivity contribution in [3.8, 4) is 12.1 Å². The quantitative estimate of drug-likeness (QED) is 0.510. The van der Waals surface area contributed by atoms with Crippen LogP contribution in [0.4, 0.5) is 0 Å². The van der Waals surface area contributed by atoms with Crippen molar-refractivity contribution in [2.45, 2.75) is 6.92 Å². The van der Waals surface area contributed by atoms with Crippen molar-refractivity contribution in [3.05, 3.63) is 30.3 Å². The molecule has 0 aromatic heterocycles. The van der Waals surface area contributed by atoms with Gasteiger partial charge in [0, 0.05) is 11.9 Å². The third kappa shape index (κ3) is 2.34. The van der Waals surface area contributed by atoms with Gasteiger partial charge in [-0.25, -0.2) is 0 Å². The van der Waals surface area contributed by atoms with Gasteiger partial charge in [0.25, 0.3) is 0 Å². The Kier molecular flexibility index (Phi) is 3.80. The molecule has 1 aromatic carbocycles. The Balaban J connectivity index is 2.75. The second kappa shape index (κ2) is 4.93. The maximum atomic E-state index is 5.41. The summed E-state index contributed by atoms with van der Waals surface area (Å²) in [7, 11) is -0.826. The Labute approximate surface area is 74.6 Å². The van der Waals surface area contributed by atoms with Crippen molar-refractivity contribution in [2.24, 2.45) is 0 Å². The molecular formula is C10H11OP. The van der Waals surface area contributed by atoms with Gasteiger partial charge >= 0.3 is 0 Å². The van der Waals surface area contributed by atoms with Crippen molar-refractivity contribution in [2.75, 3.05) is 6.61 Å². The van der Waals surface area contributed by atoms with Crippen molar-refractivity contribution in [1.29, 1.82) is 0 Å². The van der Waals surface area contributed by atoms with E-state index in [1.807, 2.05) is 37.3 Å². The van der Waals surface area contributed by atoms with Crippen LogP contribution in [0, 0.1) is 12.1 Å². The highest BCUT2D eigenvalue weighted by Crippen LogP contribution is 2.33. The first-order chi connectivity index (χ1) is 5.88. The lowest BCUT2D eigenvalue weighted by Crippen LogP contribution is -2.00. The van der Waals surface area contributed by atoms with Crippen molar-refractivity contribution in [3.63, 3.8) is 0 Å². The summed E-state index contributed by atoms with van der Waals surface area (Å²) in [5.74, 6) is 0. The molecule has 0 N–H and O–H groups in total. The van der Waals surface area contributed by atoms with Crippen molar-refractivity contribution >= 4 is 13.5 Å². The van der Waals surface area contributed by atoms with Gasteiger partial charge in [-0.05, 0) is 12.6 Å². The predicted molar refractivity (Wildman–Crippen MR) is 53.5 cm³/mol. The first kappa shape index (κ1) is 9.26. The minimum absolute atomic E-state index is 0.671. The minimum Gasteiger partial charge on any atom is -0.342 e. The fourth-order valence-corrected chi connectivity index (χ4v) is 1.95. The van der Waals surface area contributed by atoms with E-state index in [0.717, 1.165) is 5.30 Å². The standard InChI is InChI=1S/C10H11OP/c1-3-11-12(4-2)10-8-6-5-7-9-10/h2,5-9H,3H2,1H3. The minimum atomic E-state index is -0.826. The van der Waals surface area contributed by atoms with Gasteiger partial charge in [0.2, 0.25) is 0 Å². The van der Waals surface area contributed by atoms with E-state index >= 15 is 0 Å². The zero-order valence-corrected chi connectivity index (χ0v) is 7.92. The van der Waals surface area contributed by atoms with Crippen molar-refractivity contribution < 1.29 is 4.52 Å². The van der Waals surface area contributed by atoms with Crippen LogP contribution in [0.2, 0.25) is 0 Å². The van der Waals surface area contributed by atoms with E-state index in [0.29, 0.717) is 6.61 Å². The second-order valence-electron chi connectivity index (χ2n) is 2.18. The Morgan fingerprint density at radius 2 is 2.08 bits per heavy atom. The van der Waals surface area contributed by atoms with Gasteiger partial charge in [0.05, 0.1) is 0 Å². The largest absolute Gasteiger partial charge is 0.342 e. The molecule has 1 unspecified atom stereocenters. The van der Waals surface area contributed by atoms with E-state index in [2.05, 4.69) is 5.66 Å². The summed E-state index contributed by atoms with van der Waals surface area (Å²) in [6.07, 6.45) is 5.34. The molecule has 0 amide bonds. The zero-order chi connectivity index (χ0) is 8.81. The highest BCUT2D eigenvalue weighted by atomic mass is 31.1. The van der Waals surface area contributed by atoms with Gasteiger partial charge in [0.1, 0.15) is 8.15 Å². The molecule has 0 spiro atoms. The monoisotopic (exact) mass is 178 g/mol. The number of rotatable bonds is 3. The average molecular weight is 178 g/mol. The van der Waals surface area contributed by atoms with Gasteiger partial charge in [-0.15, -0.1) is 6.42 Å². The molecule has 0 heterocycles. The lowest BCUT2D eigenvalue weighted by molar-refractivity contribution is 0.388. The van der Waals surface area contributed by atoms with E-state index in [1.54, 1.807) is 0 Å². The maximum Gasteiger partial charge on any atom is 0.138 e. The normalized spacial score (nSPS) is 12.0. The molecule has 0 aliphatic carbocycles. The molecule has 0 bridgehead atoms. The molecule has 0 saturated heterocycles. The molecule has 12 heavy (non-hydrogen) atoms. The Morgan fingerprint density at radius 3 is 2.58 bits per heavy atom. The first-order valence-corrected chi connectivity index (χ1v) is 5.08. The van der Waals surface area contributed by atoms with Crippen LogP contribution in [0.5, 0.6) is 0 Å². The molecule has 1 aromatic rings. The molecule has 1 nitrogen and oxygen atoms in total. The number of hydrogen-bond acceptors (Lipinski definition) is 1. The summed E-state index contributed by atoms with van der Waals surface area (Å²) in [6.45, 7) is 2.63. The molecule has 1 atom stereocenters. The SMILES string of the molecule is C#CP(OCC)c1ccccc1. The van der Waals surface area contributed by atoms with Crippen LogP contribution in [0.3, 0.4) is 0 Å². The molecule has 2 heteroatoms. The molecule has 0 aliphatic heterocycles. The molecule has 0 fully saturated rings. The maximum absolute atomic E-state index is 5.41. The topological polar surface area (TPSA) is 9.23 Å². The van der Waals surface area contributed by atoms with Gasteiger partial charge in [0.15, 0.2) is 0 Å². The summed E-state index contributed by atoms with van der Waals surface area (Å²) < 4.78 is 5.41. The zero-order valence-electron chi connectivity index (χ0n) is 7.03. The number of benzene rings is 1. The van der Waals surface area contributed by atoms with E-state index in [4.69, 9.17) is 10.9 Å². The van der Waals surface area contributed by atoms with Crippen molar-refractivity contribution in [1.82, 2.24) is 0 Å². The van der Waals surface area contributed by atoms with Crippen LogP contribution >= 0.6 is 8.15 Å². The van der Waals surface area contributed by atoms with E-state index < -0.39 is 8.15 Å². The summed E-state index contributed by atoms with van der Waals surface area (Å²) >= 11 is 0. The summed E-state index contributed by atoms with van der Waals surface area (Å²) in [5, 5.41) is 1.11. The van der Waals surface area contributed by atoms with Gasteiger partial charge in [-0.3, -0.25) is 0 Å². The molecular weight excluding hydrogens is 167 g/mol. The smallest absolute Gasteiger partial charge is 0.138 e. The fraction of sp³-hybridized carbons (Fsp3) is 0.200. The summed E-state index contributed by atoms with van der Waals surface area (Å²) in [6, 6.07) is 9.92. The summed E-state index contributed by atoms with van der Waals surface area (Å²) in [4.78, 5) is 0. The van der Waals surface area contributed by atoms with Crippen LogP contribution < -0.4 is 5.30 Å². The van der Waals surface area contributed by atoms with E-state index in [-0.39, 0.29) is 0 Å². The van der Waals surface area contributed by atoms with E-state index in [1.165, 1.54) is 0 Å². The van der Waals surface area contributed by atoms with Gasteiger partial charge < -0.3 is 4.52 Å². The van der Waals surface area contributed by atoms with Crippen LogP contribution in [-0.2, 0) is 4.52 Å². The Bertz CT molecular complexity index is 263. The number of terminal acetylenes is 1. The molecule has 0 saturated carbocycles. The van der Waals surface area contributed by atoms with Gasteiger partial charge in [-0.1, -0.05) is 30.3 Å². The average Bonchev–Trinajstić information content (AvgIpc) is 2.15. The number of hydrogen-bond donors (Lipinski definition) is 0. The lowest BCUT2D eigenvalue weighted by Gasteiger charge is -2.08. The van der Waals surface area contributed by atoms with Crippen LogP contribution in [0.25, 0.3) is 0 Å². The third-order valence-electron chi connectivity index (χ3n) is 1.37. The second-order valence-corrected chi connectivity index (χ2v) is 3.80. The molecule has 0 radical (unpaired) electrons. The van der Waals surface area contributed by atoms with Crippen LogP contribution in [0.15, 0.2) is 30.3 Å². The van der Waals surface area contributed by atoms with Crippen LogP contribution in [-0.4, -0.2) is 6.61 Å². The predicted octanol–water partition coefficient (Wildman–Crippen LogP) is 2.34. The van der Waals surface area contributed by atoms with Gasteiger partial charge in [-0.2, -0.15) is 0 Å². The lowest BCUT2D eigenvalue weighted by atomic mass is 10.4. The Hall–Kier alpha value is -0.830. The van der Waals surface area contributed by atoms with E-state index in [9.17, 15) is 0 Å². The highest BCUT2D eigenvalue weighted by molar-refractivity contribution is 7.65.